The second kappa shape index (κ2) is 11.1. The van der Waals surface area contributed by atoms with Crippen LogP contribution in [0.25, 0.3) is 5.69 Å². The number of thioether (sulfide) groups is 1. The second-order valence-electron chi connectivity index (χ2n) is 7.40. The average molecular weight is 494 g/mol. The summed E-state index contributed by atoms with van der Waals surface area (Å²) in [5.74, 6) is 1.45. The maximum Gasteiger partial charge on any atom is 0.234 e. The summed E-state index contributed by atoms with van der Waals surface area (Å²) in [5.41, 5.74) is 3.50. The molecule has 0 fully saturated rings. The van der Waals surface area contributed by atoms with Gasteiger partial charge in [-0.15, -0.1) is 10.2 Å². The van der Waals surface area contributed by atoms with Gasteiger partial charge in [0, 0.05) is 28.2 Å². The predicted molar refractivity (Wildman–Crippen MR) is 137 cm³/mol. The lowest BCUT2D eigenvalue weighted by Crippen LogP contribution is -2.15. The highest BCUT2D eigenvalue weighted by molar-refractivity contribution is 7.99. The van der Waals surface area contributed by atoms with E-state index in [1.807, 2.05) is 78.2 Å². The van der Waals surface area contributed by atoms with E-state index in [1.54, 1.807) is 13.2 Å². The minimum absolute atomic E-state index is 0.143. The second-order valence-corrected chi connectivity index (χ2v) is 8.75. The fourth-order valence-electron chi connectivity index (χ4n) is 3.35. The molecule has 9 heteroatoms. The van der Waals surface area contributed by atoms with Crippen molar-refractivity contribution >= 4 is 40.6 Å². The van der Waals surface area contributed by atoms with Crippen molar-refractivity contribution in [1.82, 2.24) is 14.8 Å². The smallest absolute Gasteiger partial charge is 0.234 e. The number of hydrogen-bond acceptors (Lipinski definition) is 6. The number of amides is 1. The van der Waals surface area contributed by atoms with Crippen molar-refractivity contribution in [2.45, 2.75) is 18.6 Å². The van der Waals surface area contributed by atoms with E-state index in [-0.39, 0.29) is 11.7 Å². The third kappa shape index (κ3) is 5.70. The maximum absolute atomic E-state index is 12.6. The lowest BCUT2D eigenvalue weighted by atomic mass is 10.2. The molecule has 0 radical (unpaired) electrons. The van der Waals surface area contributed by atoms with Gasteiger partial charge in [0.25, 0.3) is 0 Å². The average Bonchev–Trinajstić information content (AvgIpc) is 3.27. The van der Waals surface area contributed by atoms with Crippen LogP contribution in [0, 0.1) is 6.92 Å². The molecule has 4 aromatic rings. The van der Waals surface area contributed by atoms with Gasteiger partial charge in [0.15, 0.2) is 11.0 Å². The first-order valence-electron chi connectivity index (χ1n) is 10.6. The van der Waals surface area contributed by atoms with Crippen molar-refractivity contribution < 1.29 is 9.53 Å². The number of rotatable bonds is 9. The standard InChI is InChI=1S/C25H24ClN5O2S/c1-17-21(26)12-7-13-22(17)27-15-23-29-30-25(31(23)19-9-4-3-5-10-19)34-16-24(32)28-18-8-6-11-20(14-18)33-2/h3-14,27H,15-16H2,1-2H3,(H,28,32). The summed E-state index contributed by atoms with van der Waals surface area (Å²) in [6, 6.07) is 22.8. The van der Waals surface area contributed by atoms with Crippen LogP contribution in [0.4, 0.5) is 11.4 Å². The molecule has 174 valence electrons. The highest BCUT2D eigenvalue weighted by atomic mass is 35.5. The molecule has 0 bridgehead atoms. The topological polar surface area (TPSA) is 81.1 Å². The number of ether oxygens (including phenoxy) is 1. The van der Waals surface area contributed by atoms with Gasteiger partial charge in [0.2, 0.25) is 5.91 Å². The van der Waals surface area contributed by atoms with E-state index in [0.717, 1.165) is 22.8 Å². The molecule has 34 heavy (non-hydrogen) atoms. The largest absolute Gasteiger partial charge is 0.497 e. The van der Waals surface area contributed by atoms with Crippen LogP contribution >= 0.6 is 23.4 Å². The zero-order valence-corrected chi connectivity index (χ0v) is 20.4. The molecule has 0 saturated heterocycles. The number of carbonyl (C=O) groups is 1. The van der Waals surface area contributed by atoms with Crippen LogP contribution in [-0.4, -0.2) is 33.5 Å². The van der Waals surface area contributed by atoms with Crippen LogP contribution in [0.5, 0.6) is 5.75 Å². The molecule has 7 nitrogen and oxygen atoms in total. The molecule has 1 amide bonds. The zero-order chi connectivity index (χ0) is 23.9. The van der Waals surface area contributed by atoms with E-state index in [9.17, 15) is 4.79 Å². The van der Waals surface area contributed by atoms with Crippen molar-refractivity contribution in [3.63, 3.8) is 0 Å². The van der Waals surface area contributed by atoms with Gasteiger partial charge >= 0.3 is 0 Å². The monoisotopic (exact) mass is 493 g/mol. The van der Waals surface area contributed by atoms with Gasteiger partial charge in [-0.1, -0.05) is 53.7 Å². The molecule has 0 saturated carbocycles. The number of hydrogen-bond donors (Lipinski definition) is 2. The first-order chi connectivity index (χ1) is 16.5. The summed E-state index contributed by atoms with van der Waals surface area (Å²) in [6.07, 6.45) is 0. The SMILES string of the molecule is COc1cccc(NC(=O)CSc2nnc(CNc3cccc(Cl)c3C)n2-c2ccccc2)c1. The van der Waals surface area contributed by atoms with Gasteiger partial charge in [0.05, 0.1) is 19.4 Å². The molecule has 1 heterocycles. The Morgan fingerprint density at radius 1 is 1.06 bits per heavy atom. The molecule has 0 aliphatic rings. The number of methoxy groups -OCH3 is 1. The Balaban J connectivity index is 1.50. The quantitative estimate of drug-likeness (QED) is 0.296. The highest BCUT2D eigenvalue weighted by Crippen LogP contribution is 2.26. The van der Waals surface area contributed by atoms with E-state index in [2.05, 4.69) is 20.8 Å². The number of halogens is 1. The van der Waals surface area contributed by atoms with Crippen LogP contribution in [0.3, 0.4) is 0 Å². The van der Waals surface area contributed by atoms with Crippen LogP contribution in [0.1, 0.15) is 11.4 Å². The summed E-state index contributed by atoms with van der Waals surface area (Å²) >= 11 is 7.58. The van der Waals surface area contributed by atoms with Crippen LogP contribution < -0.4 is 15.4 Å². The van der Waals surface area contributed by atoms with Crippen molar-refractivity contribution in [2.75, 3.05) is 23.5 Å². The summed E-state index contributed by atoms with van der Waals surface area (Å²) in [7, 11) is 1.59. The Bertz CT molecular complexity index is 1280. The molecule has 0 aliphatic heterocycles. The number of para-hydroxylation sites is 1. The van der Waals surface area contributed by atoms with E-state index in [0.29, 0.717) is 28.2 Å². The minimum atomic E-state index is -0.143. The van der Waals surface area contributed by atoms with Gasteiger partial charge in [-0.2, -0.15) is 0 Å². The fourth-order valence-corrected chi connectivity index (χ4v) is 4.29. The van der Waals surface area contributed by atoms with Crippen LogP contribution in [0.15, 0.2) is 78.0 Å². The number of aromatic nitrogens is 3. The van der Waals surface area contributed by atoms with E-state index in [1.165, 1.54) is 11.8 Å². The summed E-state index contributed by atoms with van der Waals surface area (Å²) in [5, 5.41) is 16.4. The van der Waals surface area contributed by atoms with Crippen molar-refractivity contribution in [3.8, 4) is 11.4 Å². The molecule has 0 aliphatic carbocycles. The van der Waals surface area contributed by atoms with Crippen LogP contribution in [0.2, 0.25) is 5.02 Å². The Labute approximate surface area is 207 Å². The molecule has 3 aromatic carbocycles. The van der Waals surface area contributed by atoms with Crippen molar-refractivity contribution in [3.05, 3.63) is 89.2 Å². The Morgan fingerprint density at radius 2 is 1.85 bits per heavy atom. The summed E-state index contributed by atoms with van der Waals surface area (Å²) in [4.78, 5) is 12.6. The van der Waals surface area contributed by atoms with E-state index < -0.39 is 0 Å². The lowest BCUT2D eigenvalue weighted by molar-refractivity contribution is -0.113. The van der Waals surface area contributed by atoms with E-state index in [4.69, 9.17) is 16.3 Å². The first kappa shape index (κ1) is 23.7. The molecule has 0 unspecified atom stereocenters. The fraction of sp³-hybridized carbons (Fsp3) is 0.160. The van der Waals surface area contributed by atoms with Crippen LogP contribution in [-0.2, 0) is 11.3 Å². The Kier molecular flexibility index (Phi) is 7.72. The molecule has 0 atom stereocenters. The lowest BCUT2D eigenvalue weighted by Gasteiger charge is -2.13. The number of benzene rings is 3. The van der Waals surface area contributed by atoms with Crippen molar-refractivity contribution in [2.24, 2.45) is 0 Å². The van der Waals surface area contributed by atoms with Gasteiger partial charge < -0.3 is 15.4 Å². The Hall–Kier alpha value is -3.49. The number of anilines is 2. The molecular weight excluding hydrogens is 470 g/mol. The number of nitrogens with one attached hydrogen (secondary N) is 2. The third-order valence-corrected chi connectivity index (χ3v) is 6.44. The third-order valence-electron chi connectivity index (χ3n) is 5.11. The molecule has 4 rings (SSSR count). The normalized spacial score (nSPS) is 10.7. The minimum Gasteiger partial charge on any atom is -0.497 e. The molecule has 0 spiro atoms. The molecule has 1 aromatic heterocycles. The van der Waals surface area contributed by atoms with Gasteiger partial charge in [-0.25, -0.2) is 0 Å². The zero-order valence-electron chi connectivity index (χ0n) is 18.8. The first-order valence-corrected chi connectivity index (χ1v) is 12.0. The Morgan fingerprint density at radius 3 is 2.65 bits per heavy atom. The van der Waals surface area contributed by atoms with Crippen molar-refractivity contribution in [1.29, 1.82) is 0 Å². The van der Waals surface area contributed by atoms with Gasteiger partial charge in [0.1, 0.15) is 5.75 Å². The predicted octanol–water partition coefficient (Wildman–Crippen LogP) is 5.58. The number of carbonyl (C=O) groups excluding carboxylic acids is 1. The molecule has 2 N–H and O–H groups in total. The molecular formula is C25H24ClN5O2S. The van der Waals surface area contributed by atoms with Gasteiger partial charge in [-0.3, -0.25) is 9.36 Å². The van der Waals surface area contributed by atoms with Gasteiger partial charge in [-0.05, 0) is 48.9 Å². The summed E-state index contributed by atoms with van der Waals surface area (Å²) in [6.45, 7) is 2.41. The van der Waals surface area contributed by atoms with E-state index >= 15 is 0 Å². The number of nitrogens with zero attached hydrogens (tertiary/aromatic N) is 3. The highest BCUT2D eigenvalue weighted by Gasteiger charge is 2.16. The maximum atomic E-state index is 12.6. The summed E-state index contributed by atoms with van der Waals surface area (Å²) < 4.78 is 7.17.